The van der Waals surface area contributed by atoms with E-state index in [1.807, 2.05) is 42.5 Å². The number of fused-ring (bicyclic) bond motifs is 1. The van der Waals surface area contributed by atoms with E-state index in [1.165, 1.54) is 11.3 Å². The number of ether oxygens (including phenoxy) is 1. The number of aromatic nitrogens is 1. The Hall–Kier alpha value is -2.84. The predicted molar refractivity (Wildman–Crippen MR) is 96.2 cm³/mol. The minimum Gasteiger partial charge on any atom is -0.493 e. The van der Waals surface area contributed by atoms with Crippen LogP contribution in [0.4, 0.5) is 0 Å². The molecule has 0 aliphatic heterocycles. The van der Waals surface area contributed by atoms with Gasteiger partial charge in [0.15, 0.2) is 0 Å². The molecule has 0 saturated heterocycles. The lowest BCUT2D eigenvalue weighted by Crippen LogP contribution is -2.21. The van der Waals surface area contributed by atoms with Gasteiger partial charge in [-0.1, -0.05) is 18.2 Å². The van der Waals surface area contributed by atoms with Crippen LogP contribution in [0.25, 0.3) is 10.2 Å². The maximum atomic E-state index is 12.3. The second-order valence-corrected chi connectivity index (χ2v) is 6.17. The summed E-state index contributed by atoms with van der Waals surface area (Å²) in [6, 6.07) is 13.3. The molecule has 0 aliphatic carbocycles. The molecule has 0 radical (unpaired) electrons. The highest BCUT2D eigenvalue weighted by molar-refractivity contribution is 7.20. The van der Waals surface area contributed by atoms with Gasteiger partial charge in [-0.25, -0.2) is 4.98 Å². The number of hydrogen-bond donors (Lipinski definition) is 1. The zero-order valence-electron chi connectivity index (χ0n) is 13.0. The summed E-state index contributed by atoms with van der Waals surface area (Å²) in [6.45, 7) is 0.925. The van der Waals surface area contributed by atoms with Crippen LogP contribution in [0.15, 0.2) is 48.7 Å². The molecular formula is C19H16N2O2S. The minimum atomic E-state index is -0.100. The predicted octanol–water partition coefficient (Wildman–Crippen LogP) is 3.63. The van der Waals surface area contributed by atoms with Crippen LogP contribution in [-0.4, -0.2) is 17.5 Å². The van der Waals surface area contributed by atoms with Crippen LogP contribution >= 0.6 is 11.3 Å². The maximum absolute atomic E-state index is 12.3. The first kappa shape index (κ1) is 16.0. The number of rotatable bonds is 6. The molecule has 1 aromatic carbocycles. The molecule has 4 nitrogen and oxygen atoms in total. The minimum absolute atomic E-state index is 0.100. The number of benzene rings is 1. The number of carbonyl (C=O) groups is 1. The van der Waals surface area contributed by atoms with Crippen molar-refractivity contribution in [3.8, 4) is 18.1 Å². The molecule has 0 aliphatic rings. The third kappa shape index (κ3) is 3.92. The molecule has 2 heterocycles. The molecule has 2 aromatic heterocycles. The molecule has 24 heavy (non-hydrogen) atoms. The van der Waals surface area contributed by atoms with Crippen molar-refractivity contribution in [3.63, 3.8) is 0 Å². The van der Waals surface area contributed by atoms with E-state index in [0.29, 0.717) is 24.4 Å². The number of terminal acetylenes is 1. The van der Waals surface area contributed by atoms with Gasteiger partial charge < -0.3 is 10.1 Å². The monoisotopic (exact) mass is 336 g/mol. The van der Waals surface area contributed by atoms with Crippen molar-refractivity contribution in [1.29, 1.82) is 0 Å². The van der Waals surface area contributed by atoms with Crippen LogP contribution in [0.1, 0.15) is 21.7 Å². The molecule has 0 fully saturated rings. The van der Waals surface area contributed by atoms with E-state index in [2.05, 4.69) is 16.2 Å². The van der Waals surface area contributed by atoms with E-state index >= 15 is 0 Å². The second kappa shape index (κ2) is 7.62. The number of carbonyl (C=O) groups excluding carboxylic acids is 1. The summed E-state index contributed by atoms with van der Waals surface area (Å²) >= 11 is 1.39. The number of pyridine rings is 1. The molecular weight excluding hydrogens is 320 g/mol. The summed E-state index contributed by atoms with van der Waals surface area (Å²) in [5, 5.41) is 3.91. The van der Waals surface area contributed by atoms with Crippen molar-refractivity contribution in [1.82, 2.24) is 10.3 Å². The highest BCUT2D eigenvalue weighted by Crippen LogP contribution is 2.23. The van der Waals surface area contributed by atoms with Crippen molar-refractivity contribution in [2.75, 3.05) is 6.61 Å². The fraction of sp³-hybridized carbons (Fsp3) is 0.158. The van der Waals surface area contributed by atoms with Crippen LogP contribution in [0.5, 0.6) is 5.75 Å². The Morgan fingerprint density at radius 1 is 1.29 bits per heavy atom. The van der Waals surface area contributed by atoms with Crippen molar-refractivity contribution in [3.05, 3.63) is 59.1 Å². The number of amides is 1. The fourth-order valence-electron chi connectivity index (χ4n) is 2.23. The Labute approximate surface area is 144 Å². The second-order valence-electron chi connectivity index (χ2n) is 5.14. The van der Waals surface area contributed by atoms with E-state index in [-0.39, 0.29) is 5.91 Å². The zero-order valence-corrected chi connectivity index (χ0v) is 13.8. The summed E-state index contributed by atoms with van der Waals surface area (Å²) in [6.07, 6.45) is 7.50. The Morgan fingerprint density at radius 2 is 2.21 bits per heavy atom. The normalized spacial score (nSPS) is 10.3. The van der Waals surface area contributed by atoms with Gasteiger partial charge in [-0.15, -0.1) is 23.7 Å². The quantitative estimate of drug-likeness (QED) is 0.552. The first-order valence-electron chi connectivity index (χ1n) is 7.54. The standard InChI is InChI=1S/C19H16N2O2S/c1-2-3-10-23-16-8-4-6-14(11-16)13-21-18(22)17-12-15-7-5-9-20-19(15)24-17/h1,4-9,11-12H,3,10,13H2,(H,21,22). The zero-order chi connectivity index (χ0) is 16.8. The molecule has 5 heteroatoms. The van der Waals surface area contributed by atoms with Crippen molar-refractivity contribution in [2.24, 2.45) is 0 Å². The average molecular weight is 336 g/mol. The van der Waals surface area contributed by atoms with Gasteiger partial charge in [0.1, 0.15) is 10.6 Å². The Bertz CT molecular complexity index is 863. The van der Waals surface area contributed by atoms with Gasteiger partial charge in [-0.3, -0.25) is 4.79 Å². The van der Waals surface area contributed by atoms with Gasteiger partial charge in [0, 0.05) is 24.5 Å². The van der Waals surface area contributed by atoms with Crippen LogP contribution < -0.4 is 10.1 Å². The van der Waals surface area contributed by atoms with E-state index in [9.17, 15) is 4.79 Å². The summed E-state index contributed by atoms with van der Waals surface area (Å²) in [5.41, 5.74) is 0.973. The Balaban J connectivity index is 1.61. The summed E-state index contributed by atoms with van der Waals surface area (Å²) in [5.74, 6) is 3.19. The highest BCUT2D eigenvalue weighted by atomic mass is 32.1. The van der Waals surface area contributed by atoms with Gasteiger partial charge in [0.25, 0.3) is 5.91 Å². The fourth-order valence-corrected chi connectivity index (χ4v) is 3.15. The molecule has 0 atom stereocenters. The third-order valence-corrected chi connectivity index (χ3v) is 4.44. The SMILES string of the molecule is C#CCCOc1cccc(CNC(=O)c2cc3cccnc3s2)c1. The van der Waals surface area contributed by atoms with E-state index in [0.717, 1.165) is 21.5 Å². The maximum Gasteiger partial charge on any atom is 0.261 e. The lowest BCUT2D eigenvalue weighted by molar-refractivity contribution is 0.0955. The number of nitrogens with zero attached hydrogens (tertiary/aromatic N) is 1. The molecule has 0 bridgehead atoms. The molecule has 3 rings (SSSR count). The van der Waals surface area contributed by atoms with Crippen molar-refractivity contribution >= 4 is 27.5 Å². The molecule has 120 valence electrons. The summed E-state index contributed by atoms with van der Waals surface area (Å²) in [7, 11) is 0. The Morgan fingerprint density at radius 3 is 3.04 bits per heavy atom. The topological polar surface area (TPSA) is 51.2 Å². The lowest BCUT2D eigenvalue weighted by atomic mass is 10.2. The smallest absolute Gasteiger partial charge is 0.261 e. The Kier molecular flexibility index (Phi) is 5.09. The van der Waals surface area contributed by atoms with Gasteiger partial charge in [-0.2, -0.15) is 0 Å². The molecule has 1 N–H and O–H groups in total. The largest absolute Gasteiger partial charge is 0.493 e. The summed E-state index contributed by atoms with van der Waals surface area (Å²) < 4.78 is 5.56. The number of hydrogen-bond acceptors (Lipinski definition) is 4. The van der Waals surface area contributed by atoms with Gasteiger partial charge >= 0.3 is 0 Å². The van der Waals surface area contributed by atoms with E-state index < -0.39 is 0 Å². The van der Waals surface area contributed by atoms with Gasteiger partial charge in [0.2, 0.25) is 0 Å². The molecule has 0 unspecified atom stereocenters. The number of thiophene rings is 1. The molecule has 0 saturated carbocycles. The van der Waals surface area contributed by atoms with Gasteiger partial charge in [0.05, 0.1) is 11.5 Å². The van der Waals surface area contributed by atoms with Crippen molar-refractivity contribution in [2.45, 2.75) is 13.0 Å². The first-order valence-corrected chi connectivity index (χ1v) is 8.36. The lowest BCUT2D eigenvalue weighted by Gasteiger charge is -2.07. The molecule has 1 amide bonds. The summed E-state index contributed by atoms with van der Waals surface area (Å²) in [4.78, 5) is 18.1. The number of nitrogens with one attached hydrogen (secondary N) is 1. The van der Waals surface area contributed by atoms with Crippen LogP contribution in [0, 0.1) is 12.3 Å². The first-order chi connectivity index (χ1) is 11.8. The molecule has 0 spiro atoms. The van der Waals surface area contributed by atoms with E-state index in [4.69, 9.17) is 11.2 Å². The van der Waals surface area contributed by atoms with Crippen LogP contribution in [0.3, 0.4) is 0 Å². The van der Waals surface area contributed by atoms with Gasteiger partial charge in [-0.05, 0) is 29.8 Å². The van der Waals surface area contributed by atoms with Crippen LogP contribution in [0.2, 0.25) is 0 Å². The highest BCUT2D eigenvalue weighted by Gasteiger charge is 2.10. The van der Waals surface area contributed by atoms with E-state index in [1.54, 1.807) is 6.20 Å². The molecule has 3 aromatic rings. The van der Waals surface area contributed by atoms with Crippen LogP contribution in [-0.2, 0) is 6.54 Å². The third-order valence-electron chi connectivity index (χ3n) is 3.38. The van der Waals surface area contributed by atoms with Crippen molar-refractivity contribution < 1.29 is 9.53 Å². The average Bonchev–Trinajstić information content (AvgIpc) is 3.04.